The molecular formula is C25H22N2O4. The van der Waals surface area contributed by atoms with Crippen molar-refractivity contribution in [3.05, 3.63) is 90.2 Å². The minimum absolute atomic E-state index is 0.0297. The van der Waals surface area contributed by atoms with Gasteiger partial charge in [0.05, 0.1) is 0 Å². The molecule has 0 spiro atoms. The fourth-order valence-electron chi connectivity index (χ4n) is 3.14. The number of aryl methyl sites for hydroxylation is 1. The summed E-state index contributed by atoms with van der Waals surface area (Å²) in [6.45, 7) is 3.62. The molecule has 4 rings (SSSR count). The van der Waals surface area contributed by atoms with E-state index in [0.29, 0.717) is 28.1 Å². The SMILES string of the molecule is Cc1ccc(NC(=O)c2oc3ccccc3c2NC(=O)[C@@H](C)Oc2ccccc2)cc1. The van der Waals surface area contributed by atoms with E-state index in [9.17, 15) is 9.59 Å². The highest BCUT2D eigenvalue weighted by molar-refractivity contribution is 6.14. The number of ether oxygens (including phenoxy) is 1. The van der Waals surface area contributed by atoms with E-state index in [1.54, 1.807) is 37.3 Å². The van der Waals surface area contributed by atoms with Crippen LogP contribution < -0.4 is 15.4 Å². The Morgan fingerprint density at radius 2 is 1.55 bits per heavy atom. The van der Waals surface area contributed by atoms with Gasteiger partial charge in [0.2, 0.25) is 5.76 Å². The van der Waals surface area contributed by atoms with Gasteiger partial charge in [0.25, 0.3) is 11.8 Å². The highest BCUT2D eigenvalue weighted by Gasteiger charge is 2.24. The van der Waals surface area contributed by atoms with E-state index in [1.807, 2.05) is 55.5 Å². The quantitative estimate of drug-likeness (QED) is 0.443. The summed E-state index contributed by atoms with van der Waals surface area (Å²) in [5.41, 5.74) is 2.54. The number of nitrogens with one attached hydrogen (secondary N) is 2. The number of amides is 2. The normalized spacial score (nSPS) is 11.7. The first-order chi connectivity index (χ1) is 15.0. The predicted molar refractivity (Wildman–Crippen MR) is 121 cm³/mol. The number of anilines is 2. The second-order valence-electron chi connectivity index (χ2n) is 7.18. The number of rotatable bonds is 6. The van der Waals surface area contributed by atoms with Crippen LogP contribution in [0.15, 0.2) is 83.3 Å². The Bertz CT molecular complexity index is 1210. The molecule has 0 aliphatic heterocycles. The molecule has 31 heavy (non-hydrogen) atoms. The number of fused-ring (bicyclic) bond motifs is 1. The zero-order valence-corrected chi connectivity index (χ0v) is 17.2. The van der Waals surface area contributed by atoms with Gasteiger partial charge >= 0.3 is 0 Å². The van der Waals surface area contributed by atoms with Crippen LogP contribution in [0.25, 0.3) is 11.0 Å². The summed E-state index contributed by atoms with van der Waals surface area (Å²) in [7, 11) is 0. The maximum absolute atomic E-state index is 12.9. The van der Waals surface area contributed by atoms with E-state index in [0.717, 1.165) is 5.56 Å². The second kappa shape index (κ2) is 8.75. The molecule has 1 aromatic heterocycles. The van der Waals surface area contributed by atoms with Crippen LogP contribution in [-0.4, -0.2) is 17.9 Å². The van der Waals surface area contributed by atoms with Crippen molar-refractivity contribution in [2.24, 2.45) is 0 Å². The summed E-state index contributed by atoms with van der Waals surface area (Å²) in [5, 5.41) is 6.26. The van der Waals surface area contributed by atoms with Crippen molar-refractivity contribution in [3.8, 4) is 5.75 Å². The molecule has 0 aliphatic rings. The van der Waals surface area contributed by atoms with Crippen LogP contribution in [-0.2, 0) is 4.79 Å². The lowest BCUT2D eigenvalue weighted by Crippen LogP contribution is -2.30. The Balaban J connectivity index is 1.59. The molecular weight excluding hydrogens is 392 g/mol. The molecule has 0 saturated carbocycles. The number of benzene rings is 3. The van der Waals surface area contributed by atoms with E-state index in [4.69, 9.17) is 9.15 Å². The Morgan fingerprint density at radius 3 is 2.29 bits per heavy atom. The van der Waals surface area contributed by atoms with E-state index in [1.165, 1.54) is 0 Å². The number of carbonyl (C=O) groups is 2. The Kier molecular flexibility index (Phi) is 5.71. The van der Waals surface area contributed by atoms with Crippen LogP contribution in [0.4, 0.5) is 11.4 Å². The Labute approximate surface area is 179 Å². The molecule has 2 amide bonds. The van der Waals surface area contributed by atoms with Crippen molar-refractivity contribution in [3.63, 3.8) is 0 Å². The molecule has 0 saturated heterocycles. The van der Waals surface area contributed by atoms with E-state index in [2.05, 4.69) is 10.6 Å². The molecule has 6 nitrogen and oxygen atoms in total. The van der Waals surface area contributed by atoms with Crippen LogP contribution in [0.5, 0.6) is 5.75 Å². The lowest BCUT2D eigenvalue weighted by molar-refractivity contribution is -0.122. The van der Waals surface area contributed by atoms with Crippen molar-refractivity contribution in [1.82, 2.24) is 0 Å². The van der Waals surface area contributed by atoms with E-state index >= 15 is 0 Å². The molecule has 2 N–H and O–H groups in total. The third-order valence-corrected chi connectivity index (χ3v) is 4.78. The summed E-state index contributed by atoms with van der Waals surface area (Å²) in [6, 6.07) is 23.7. The number of hydrogen-bond acceptors (Lipinski definition) is 4. The average molecular weight is 414 g/mol. The maximum Gasteiger partial charge on any atom is 0.293 e. The minimum Gasteiger partial charge on any atom is -0.481 e. The fourth-order valence-corrected chi connectivity index (χ4v) is 3.14. The molecule has 0 radical (unpaired) electrons. The Hall–Kier alpha value is -4.06. The van der Waals surface area contributed by atoms with Gasteiger partial charge in [0.15, 0.2) is 6.10 Å². The van der Waals surface area contributed by atoms with Gasteiger partial charge in [-0.05, 0) is 50.2 Å². The average Bonchev–Trinajstić information content (AvgIpc) is 3.14. The first-order valence-electron chi connectivity index (χ1n) is 9.93. The van der Waals surface area contributed by atoms with Crippen LogP contribution in [0.3, 0.4) is 0 Å². The molecule has 6 heteroatoms. The van der Waals surface area contributed by atoms with Gasteiger partial charge in [0, 0.05) is 11.1 Å². The summed E-state index contributed by atoms with van der Waals surface area (Å²) >= 11 is 0. The van der Waals surface area contributed by atoms with Gasteiger partial charge in [-0.2, -0.15) is 0 Å². The lowest BCUT2D eigenvalue weighted by Gasteiger charge is -2.15. The van der Waals surface area contributed by atoms with Crippen LogP contribution in [0.2, 0.25) is 0 Å². The molecule has 3 aromatic carbocycles. The third kappa shape index (κ3) is 4.59. The monoisotopic (exact) mass is 414 g/mol. The summed E-state index contributed by atoms with van der Waals surface area (Å²) < 4.78 is 11.5. The molecule has 156 valence electrons. The molecule has 0 bridgehead atoms. The van der Waals surface area contributed by atoms with Gasteiger partial charge in [-0.25, -0.2) is 0 Å². The molecule has 0 aliphatic carbocycles. The number of para-hydroxylation sites is 2. The topological polar surface area (TPSA) is 80.6 Å². The summed E-state index contributed by atoms with van der Waals surface area (Å²) in [5.74, 6) is -0.228. The van der Waals surface area contributed by atoms with Crippen molar-refractivity contribution in [2.45, 2.75) is 20.0 Å². The maximum atomic E-state index is 12.9. The third-order valence-electron chi connectivity index (χ3n) is 4.78. The summed E-state index contributed by atoms with van der Waals surface area (Å²) in [4.78, 5) is 25.8. The smallest absolute Gasteiger partial charge is 0.293 e. The highest BCUT2D eigenvalue weighted by atomic mass is 16.5. The van der Waals surface area contributed by atoms with E-state index < -0.39 is 12.0 Å². The number of furan rings is 1. The van der Waals surface area contributed by atoms with Crippen molar-refractivity contribution >= 4 is 34.2 Å². The summed E-state index contributed by atoms with van der Waals surface area (Å²) in [6.07, 6.45) is -0.774. The van der Waals surface area contributed by atoms with Crippen molar-refractivity contribution in [1.29, 1.82) is 0 Å². The van der Waals surface area contributed by atoms with E-state index in [-0.39, 0.29) is 11.7 Å². The standard InChI is InChI=1S/C25H22N2O4/c1-16-12-14-18(15-13-16)26-25(29)23-22(20-10-6-7-11-21(20)31-23)27-24(28)17(2)30-19-8-4-3-5-9-19/h3-15,17H,1-2H3,(H,26,29)(H,27,28)/t17-/m1/s1. The first-order valence-corrected chi connectivity index (χ1v) is 9.93. The van der Waals surface area contributed by atoms with Crippen LogP contribution >= 0.6 is 0 Å². The van der Waals surface area contributed by atoms with Crippen molar-refractivity contribution < 1.29 is 18.7 Å². The Morgan fingerprint density at radius 1 is 0.871 bits per heavy atom. The number of hydrogen-bond donors (Lipinski definition) is 2. The minimum atomic E-state index is -0.774. The molecule has 1 heterocycles. The second-order valence-corrected chi connectivity index (χ2v) is 7.18. The van der Waals surface area contributed by atoms with Crippen LogP contribution in [0.1, 0.15) is 23.0 Å². The fraction of sp³-hybridized carbons (Fsp3) is 0.120. The van der Waals surface area contributed by atoms with Gasteiger partial charge in [-0.15, -0.1) is 0 Å². The van der Waals surface area contributed by atoms with Gasteiger partial charge in [-0.3, -0.25) is 9.59 Å². The molecule has 1 atom stereocenters. The van der Waals surface area contributed by atoms with Crippen molar-refractivity contribution in [2.75, 3.05) is 10.6 Å². The lowest BCUT2D eigenvalue weighted by atomic mass is 10.2. The number of carbonyl (C=O) groups excluding carboxylic acids is 2. The molecule has 4 aromatic rings. The largest absolute Gasteiger partial charge is 0.481 e. The van der Waals surface area contributed by atoms with Gasteiger partial charge in [0.1, 0.15) is 17.0 Å². The first kappa shape index (κ1) is 20.2. The zero-order chi connectivity index (χ0) is 21.8. The van der Waals surface area contributed by atoms with Gasteiger partial charge in [-0.1, -0.05) is 48.0 Å². The molecule has 0 fully saturated rings. The molecule has 0 unspecified atom stereocenters. The highest BCUT2D eigenvalue weighted by Crippen LogP contribution is 2.32. The van der Waals surface area contributed by atoms with Gasteiger partial charge < -0.3 is 19.8 Å². The van der Waals surface area contributed by atoms with Crippen LogP contribution in [0, 0.1) is 6.92 Å². The zero-order valence-electron chi connectivity index (χ0n) is 17.2. The predicted octanol–water partition coefficient (Wildman–Crippen LogP) is 5.40.